The van der Waals surface area contributed by atoms with Crippen molar-refractivity contribution in [1.29, 1.82) is 0 Å². The molecule has 1 radical (unpaired) electrons. The normalized spacial score (nSPS) is 10.6. The first kappa shape index (κ1) is 8.06. The van der Waals surface area contributed by atoms with E-state index in [9.17, 15) is 0 Å². The summed E-state index contributed by atoms with van der Waals surface area (Å²) in [5, 5.41) is 0. The minimum Gasteiger partial charge on any atom is -0.0840 e. The van der Waals surface area contributed by atoms with E-state index >= 15 is 0 Å². The highest BCUT2D eigenvalue weighted by Crippen LogP contribution is 2.01. The van der Waals surface area contributed by atoms with Crippen molar-refractivity contribution in [3.8, 4) is 0 Å². The fourth-order valence-electron chi connectivity index (χ4n) is 0.897. The van der Waals surface area contributed by atoms with Gasteiger partial charge in [0.25, 0.3) is 0 Å². The summed E-state index contributed by atoms with van der Waals surface area (Å²) in [6, 6.07) is 11.0. The zero-order valence-corrected chi connectivity index (χ0v) is 6.88. The second-order valence-corrected chi connectivity index (χ2v) is 2.52. The van der Waals surface area contributed by atoms with Gasteiger partial charge in [-0.25, -0.2) is 0 Å². The summed E-state index contributed by atoms with van der Waals surface area (Å²) in [4.78, 5) is 0. The standard InChI is InChI=1S/C11H13/c1-2-3-5-8-11-9-6-4-7-10-11/h5-10H,2-3H2,1H3/b8-5+. The lowest BCUT2D eigenvalue weighted by Crippen LogP contribution is -1.68. The molecule has 0 spiro atoms. The van der Waals surface area contributed by atoms with E-state index in [0.29, 0.717) is 0 Å². The number of hydrogen-bond donors (Lipinski definition) is 0. The Bertz CT molecular complexity index is 209. The largest absolute Gasteiger partial charge is 0.0840 e. The van der Waals surface area contributed by atoms with Crippen LogP contribution in [-0.4, -0.2) is 0 Å². The molecule has 0 aliphatic rings. The van der Waals surface area contributed by atoms with Crippen molar-refractivity contribution in [2.75, 3.05) is 0 Å². The van der Waals surface area contributed by atoms with Crippen LogP contribution in [0.2, 0.25) is 0 Å². The van der Waals surface area contributed by atoms with Crippen LogP contribution in [0, 0.1) is 6.07 Å². The van der Waals surface area contributed by atoms with E-state index in [1.54, 1.807) is 0 Å². The lowest BCUT2D eigenvalue weighted by Gasteiger charge is -1.89. The summed E-state index contributed by atoms with van der Waals surface area (Å²) in [5.41, 5.74) is 1.26. The zero-order valence-electron chi connectivity index (χ0n) is 6.88. The van der Waals surface area contributed by atoms with Gasteiger partial charge in [0.1, 0.15) is 0 Å². The predicted octanol–water partition coefficient (Wildman–Crippen LogP) is 3.30. The monoisotopic (exact) mass is 145 g/mol. The molecule has 0 bridgehead atoms. The molecule has 0 aliphatic heterocycles. The number of benzene rings is 1. The van der Waals surface area contributed by atoms with Crippen LogP contribution in [-0.2, 0) is 0 Å². The topological polar surface area (TPSA) is 0 Å². The van der Waals surface area contributed by atoms with Gasteiger partial charge in [-0.3, -0.25) is 0 Å². The number of rotatable bonds is 3. The number of unbranched alkanes of at least 4 members (excludes halogenated alkanes) is 1. The Hall–Kier alpha value is -1.04. The second kappa shape index (κ2) is 4.73. The fourth-order valence-corrected chi connectivity index (χ4v) is 0.897. The van der Waals surface area contributed by atoms with E-state index in [1.165, 1.54) is 18.4 Å². The molecule has 57 valence electrons. The fraction of sp³-hybridized carbons (Fsp3) is 0.273. The summed E-state index contributed by atoms with van der Waals surface area (Å²) in [6.45, 7) is 2.18. The SMILES string of the molecule is CCC/C=C/c1cc[c]cc1. The third-order valence-corrected chi connectivity index (χ3v) is 1.51. The number of allylic oxidation sites excluding steroid dienone is 1. The van der Waals surface area contributed by atoms with Crippen LogP contribution < -0.4 is 0 Å². The molecule has 1 rings (SSSR count). The van der Waals surface area contributed by atoms with Crippen LogP contribution in [0.3, 0.4) is 0 Å². The Kier molecular flexibility index (Phi) is 3.46. The zero-order chi connectivity index (χ0) is 7.94. The van der Waals surface area contributed by atoms with Gasteiger partial charge in [-0.05, 0) is 18.1 Å². The molecule has 0 N–H and O–H groups in total. The second-order valence-electron chi connectivity index (χ2n) is 2.52. The molecule has 0 unspecified atom stereocenters. The van der Waals surface area contributed by atoms with E-state index in [-0.39, 0.29) is 0 Å². The van der Waals surface area contributed by atoms with Gasteiger partial charge in [0.15, 0.2) is 0 Å². The summed E-state index contributed by atoms with van der Waals surface area (Å²) in [5.74, 6) is 0. The third-order valence-electron chi connectivity index (χ3n) is 1.51. The lowest BCUT2D eigenvalue weighted by atomic mass is 10.2. The van der Waals surface area contributed by atoms with Crippen LogP contribution in [0.4, 0.5) is 0 Å². The van der Waals surface area contributed by atoms with E-state index in [2.05, 4.69) is 37.3 Å². The van der Waals surface area contributed by atoms with Gasteiger partial charge in [-0.15, -0.1) is 0 Å². The van der Waals surface area contributed by atoms with Crippen molar-refractivity contribution in [2.45, 2.75) is 19.8 Å². The third kappa shape index (κ3) is 3.03. The highest BCUT2D eigenvalue weighted by atomic mass is 13.9. The Balaban J connectivity index is 2.50. The molecule has 0 aliphatic carbocycles. The van der Waals surface area contributed by atoms with Crippen molar-refractivity contribution in [2.24, 2.45) is 0 Å². The Morgan fingerprint density at radius 3 is 2.73 bits per heavy atom. The summed E-state index contributed by atoms with van der Waals surface area (Å²) in [7, 11) is 0. The van der Waals surface area contributed by atoms with Crippen molar-refractivity contribution >= 4 is 6.08 Å². The van der Waals surface area contributed by atoms with Crippen molar-refractivity contribution in [3.05, 3.63) is 42.0 Å². The van der Waals surface area contributed by atoms with E-state index < -0.39 is 0 Å². The van der Waals surface area contributed by atoms with E-state index in [1.807, 2.05) is 12.1 Å². The Morgan fingerprint density at radius 2 is 2.09 bits per heavy atom. The summed E-state index contributed by atoms with van der Waals surface area (Å²) in [6.07, 6.45) is 6.74. The maximum atomic E-state index is 2.99. The molecule has 0 heteroatoms. The molecule has 11 heavy (non-hydrogen) atoms. The van der Waals surface area contributed by atoms with Crippen LogP contribution in [0.15, 0.2) is 30.3 Å². The molecule has 1 aromatic rings. The Labute approximate surface area is 68.6 Å². The van der Waals surface area contributed by atoms with Gasteiger partial charge in [0.05, 0.1) is 0 Å². The first-order chi connectivity index (χ1) is 5.43. The van der Waals surface area contributed by atoms with E-state index in [0.717, 1.165) is 0 Å². The molecule has 0 atom stereocenters. The molecule has 0 amide bonds. The van der Waals surface area contributed by atoms with Crippen molar-refractivity contribution in [1.82, 2.24) is 0 Å². The van der Waals surface area contributed by atoms with Gasteiger partial charge in [0, 0.05) is 0 Å². The summed E-state index contributed by atoms with van der Waals surface area (Å²) >= 11 is 0. The van der Waals surface area contributed by atoms with Gasteiger partial charge >= 0.3 is 0 Å². The average Bonchev–Trinajstić information content (AvgIpc) is 2.07. The maximum Gasteiger partial charge on any atom is -0.0184 e. The van der Waals surface area contributed by atoms with E-state index in [4.69, 9.17) is 0 Å². The highest BCUT2D eigenvalue weighted by molar-refractivity contribution is 5.48. The molecular formula is C11H13. The molecule has 0 saturated carbocycles. The van der Waals surface area contributed by atoms with Gasteiger partial charge in [0.2, 0.25) is 0 Å². The molecule has 0 saturated heterocycles. The minimum absolute atomic E-state index is 1.17. The molecular weight excluding hydrogens is 132 g/mol. The van der Waals surface area contributed by atoms with Crippen LogP contribution >= 0.6 is 0 Å². The molecule has 0 aromatic heterocycles. The quantitative estimate of drug-likeness (QED) is 0.612. The predicted molar refractivity (Wildman–Crippen MR) is 49.2 cm³/mol. The Morgan fingerprint density at radius 1 is 1.36 bits per heavy atom. The first-order valence-corrected chi connectivity index (χ1v) is 4.06. The maximum absolute atomic E-state index is 2.99. The van der Waals surface area contributed by atoms with Gasteiger partial charge in [-0.2, -0.15) is 0 Å². The van der Waals surface area contributed by atoms with Crippen molar-refractivity contribution < 1.29 is 0 Å². The average molecular weight is 145 g/mol. The molecule has 1 aromatic carbocycles. The highest BCUT2D eigenvalue weighted by Gasteiger charge is 1.80. The van der Waals surface area contributed by atoms with Gasteiger partial charge < -0.3 is 0 Å². The van der Waals surface area contributed by atoms with Crippen molar-refractivity contribution in [3.63, 3.8) is 0 Å². The number of hydrogen-bond acceptors (Lipinski definition) is 0. The smallest absolute Gasteiger partial charge is 0.0184 e. The molecule has 0 fully saturated rings. The summed E-state index contributed by atoms with van der Waals surface area (Å²) < 4.78 is 0. The van der Waals surface area contributed by atoms with Crippen LogP contribution in [0.1, 0.15) is 25.3 Å². The first-order valence-electron chi connectivity index (χ1n) is 4.06. The van der Waals surface area contributed by atoms with Crippen LogP contribution in [0.5, 0.6) is 0 Å². The molecule has 0 heterocycles. The molecule has 0 nitrogen and oxygen atoms in total. The van der Waals surface area contributed by atoms with Gasteiger partial charge in [-0.1, -0.05) is 49.8 Å². The minimum atomic E-state index is 1.17. The lowest BCUT2D eigenvalue weighted by molar-refractivity contribution is 0.962. The van der Waals surface area contributed by atoms with Crippen LogP contribution in [0.25, 0.3) is 6.08 Å².